The van der Waals surface area contributed by atoms with Crippen LogP contribution in [0, 0.1) is 0 Å². The highest BCUT2D eigenvalue weighted by molar-refractivity contribution is 5.81. The zero-order valence-electron chi connectivity index (χ0n) is 12.2. The van der Waals surface area contributed by atoms with Crippen molar-refractivity contribution in [3.8, 4) is 0 Å². The molecular weight excluding hydrogens is 260 g/mol. The van der Waals surface area contributed by atoms with Crippen molar-refractivity contribution in [3.05, 3.63) is 0 Å². The quantitative estimate of drug-likeness (QED) is 0.528. The van der Waals surface area contributed by atoms with E-state index in [2.05, 4.69) is 15.5 Å². The van der Waals surface area contributed by atoms with Gasteiger partial charge in [-0.05, 0) is 0 Å². The number of carbonyl (C=O) groups is 1. The topological polar surface area (TPSA) is 77.1 Å². The molecule has 116 valence electrons. The molecule has 0 aliphatic carbocycles. The van der Waals surface area contributed by atoms with Gasteiger partial charge in [-0.15, -0.1) is 0 Å². The second kappa shape index (κ2) is 7.90. The second-order valence-corrected chi connectivity index (χ2v) is 5.40. The van der Waals surface area contributed by atoms with Crippen LogP contribution in [0.3, 0.4) is 0 Å². The minimum absolute atomic E-state index is 0.0425. The van der Waals surface area contributed by atoms with Crippen LogP contribution in [0.5, 0.6) is 0 Å². The number of carbonyl (C=O) groups excluding carboxylic acids is 1. The van der Waals surface area contributed by atoms with Crippen molar-refractivity contribution in [1.29, 1.82) is 0 Å². The normalized spacial score (nSPS) is 27.2. The van der Waals surface area contributed by atoms with E-state index in [0.717, 1.165) is 26.2 Å². The van der Waals surface area contributed by atoms with Crippen molar-refractivity contribution in [2.24, 2.45) is 0 Å². The number of likely N-dealkylation sites (N-methyl/N-ethyl adjacent to an activating group) is 1. The maximum Gasteiger partial charge on any atom is 0.239 e. The molecule has 3 N–H and O–H groups in total. The van der Waals surface area contributed by atoms with Crippen LogP contribution in [0.1, 0.15) is 0 Å². The molecule has 0 aromatic rings. The third kappa shape index (κ3) is 4.39. The first kappa shape index (κ1) is 15.7. The molecule has 2 aliphatic rings. The highest BCUT2D eigenvalue weighted by Crippen LogP contribution is 2.09. The Labute approximate surface area is 120 Å². The van der Waals surface area contributed by atoms with Gasteiger partial charge in [-0.3, -0.25) is 14.6 Å². The maximum atomic E-state index is 11.8. The monoisotopic (exact) mass is 286 g/mol. The molecule has 0 spiro atoms. The highest BCUT2D eigenvalue weighted by atomic mass is 16.5. The summed E-state index contributed by atoms with van der Waals surface area (Å²) in [6.07, 6.45) is -0.432. The van der Waals surface area contributed by atoms with Crippen LogP contribution in [0.15, 0.2) is 0 Å². The molecule has 2 aliphatic heterocycles. The molecule has 2 saturated heterocycles. The summed E-state index contributed by atoms with van der Waals surface area (Å²) in [5, 5.41) is 16.2. The Hall–Kier alpha value is -0.730. The number of aliphatic hydroxyl groups is 1. The Bertz CT molecular complexity index is 310. The number of hydrogen-bond donors (Lipinski definition) is 3. The lowest BCUT2D eigenvalue weighted by atomic mass is 10.1. The maximum absolute atomic E-state index is 11.8. The minimum atomic E-state index is -0.432. The predicted octanol–water partition coefficient (Wildman–Crippen LogP) is -2.30. The van der Waals surface area contributed by atoms with Gasteiger partial charge in [0.05, 0.1) is 19.3 Å². The van der Waals surface area contributed by atoms with E-state index in [1.54, 1.807) is 7.05 Å². The summed E-state index contributed by atoms with van der Waals surface area (Å²) in [5.74, 6) is -0.0425. The minimum Gasteiger partial charge on any atom is -0.390 e. The number of piperazine rings is 1. The zero-order chi connectivity index (χ0) is 14.4. The van der Waals surface area contributed by atoms with Crippen LogP contribution in [0.25, 0.3) is 0 Å². The number of aliphatic hydroxyl groups excluding tert-OH is 1. The molecule has 1 amide bonds. The van der Waals surface area contributed by atoms with Crippen molar-refractivity contribution in [3.63, 3.8) is 0 Å². The number of ether oxygens (including phenoxy) is 1. The molecule has 0 aromatic heterocycles. The third-order valence-corrected chi connectivity index (χ3v) is 3.91. The van der Waals surface area contributed by atoms with Gasteiger partial charge in [0.2, 0.25) is 5.91 Å². The molecule has 7 nitrogen and oxygen atoms in total. The van der Waals surface area contributed by atoms with E-state index in [1.165, 1.54) is 0 Å². The van der Waals surface area contributed by atoms with Crippen LogP contribution in [-0.4, -0.2) is 99.0 Å². The van der Waals surface area contributed by atoms with Crippen molar-refractivity contribution in [2.75, 3.05) is 66.1 Å². The van der Waals surface area contributed by atoms with Gasteiger partial charge in [0.25, 0.3) is 0 Å². The average Bonchev–Trinajstić information content (AvgIpc) is 2.48. The summed E-state index contributed by atoms with van der Waals surface area (Å²) in [6, 6.07) is -0.286. The smallest absolute Gasteiger partial charge is 0.239 e. The SMILES string of the molecule is CNC(=O)C1COCCN1CC(O)CN1CCNCC1. The lowest BCUT2D eigenvalue weighted by molar-refractivity contribution is -0.133. The number of β-amino-alcohol motifs (C(OH)–C–C–N with tert-alkyl or cyclic N) is 1. The third-order valence-electron chi connectivity index (χ3n) is 3.91. The largest absolute Gasteiger partial charge is 0.390 e. The predicted molar refractivity (Wildman–Crippen MR) is 75.6 cm³/mol. The number of nitrogens with zero attached hydrogens (tertiary/aromatic N) is 2. The van der Waals surface area contributed by atoms with E-state index in [1.807, 2.05) is 4.90 Å². The van der Waals surface area contributed by atoms with Gasteiger partial charge in [-0.2, -0.15) is 0 Å². The van der Waals surface area contributed by atoms with Crippen molar-refractivity contribution < 1.29 is 14.6 Å². The van der Waals surface area contributed by atoms with Crippen molar-refractivity contribution in [1.82, 2.24) is 20.4 Å². The molecule has 2 rings (SSSR count). The molecule has 2 unspecified atom stereocenters. The summed E-state index contributed by atoms with van der Waals surface area (Å²) in [5.41, 5.74) is 0. The van der Waals surface area contributed by atoms with Crippen LogP contribution >= 0.6 is 0 Å². The van der Waals surface area contributed by atoms with E-state index in [4.69, 9.17) is 4.74 Å². The summed E-state index contributed by atoms with van der Waals surface area (Å²) in [7, 11) is 1.63. The molecule has 2 heterocycles. The summed E-state index contributed by atoms with van der Waals surface area (Å²) in [4.78, 5) is 16.1. The molecule has 0 aromatic carbocycles. The van der Waals surface area contributed by atoms with Crippen molar-refractivity contribution in [2.45, 2.75) is 12.1 Å². The van der Waals surface area contributed by atoms with E-state index in [9.17, 15) is 9.90 Å². The van der Waals surface area contributed by atoms with Gasteiger partial charge in [0, 0.05) is 52.9 Å². The Kier molecular flexibility index (Phi) is 6.18. The molecule has 0 saturated carbocycles. The van der Waals surface area contributed by atoms with Gasteiger partial charge in [0.15, 0.2) is 0 Å². The van der Waals surface area contributed by atoms with Gasteiger partial charge < -0.3 is 20.5 Å². The van der Waals surface area contributed by atoms with Gasteiger partial charge in [0.1, 0.15) is 6.04 Å². The number of hydrogen-bond acceptors (Lipinski definition) is 6. The summed E-state index contributed by atoms with van der Waals surface area (Å²) in [6.45, 7) is 6.80. The standard InChI is InChI=1S/C13H26N4O3/c1-14-13(19)12-10-20-7-6-17(12)9-11(18)8-16-4-2-15-3-5-16/h11-12,15,18H,2-10H2,1H3,(H,14,19). The van der Waals surface area contributed by atoms with Crippen LogP contribution in [0.2, 0.25) is 0 Å². The Morgan fingerprint density at radius 1 is 1.40 bits per heavy atom. The van der Waals surface area contributed by atoms with Crippen LogP contribution in [0.4, 0.5) is 0 Å². The first-order valence-electron chi connectivity index (χ1n) is 7.35. The summed E-state index contributed by atoms with van der Waals surface area (Å²) < 4.78 is 5.36. The fourth-order valence-corrected chi connectivity index (χ4v) is 2.78. The fraction of sp³-hybridized carbons (Fsp3) is 0.923. The zero-order valence-corrected chi connectivity index (χ0v) is 12.2. The number of morpholine rings is 1. The van der Waals surface area contributed by atoms with E-state index in [0.29, 0.717) is 32.8 Å². The number of nitrogens with one attached hydrogen (secondary N) is 2. The highest BCUT2D eigenvalue weighted by Gasteiger charge is 2.30. The fourth-order valence-electron chi connectivity index (χ4n) is 2.78. The summed E-state index contributed by atoms with van der Waals surface area (Å²) >= 11 is 0. The van der Waals surface area contributed by atoms with Gasteiger partial charge in [-0.1, -0.05) is 0 Å². The first-order valence-corrected chi connectivity index (χ1v) is 7.35. The Balaban J connectivity index is 1.81. The van der Waals surface area contributed by atoms with Gasteiger partial charge >= 0.3 is 0 Å². The Morgan fingerprint density at radius 3 is 2.85 bits per heavy atom. The number of rotatable bonds is 5. The molecular formula is C13H26N4O3. The lowest BCUT2D eigenvalue weighted by Gasteiger charge is -2.36. The van der Waals surface area contributed by atoms with E-state index >= 15 is 0 Å². The molecule has 7 heteroatoms. The molecule has 0 bridgehead atoms. The molecule has 2 fully saturated rings. The van der Waals surface area contributed by atoms with Gasteiger partial charge in [-0.25, -0.2) is 0 Å². The molecule has 2 atom stereocenters. The Morgan fingerprint density at radius 2 is 2.15 bits per heavy atom. The van der Waals surface area contributed by atoms with Crippen LogP contribution < -0.4 is 10.6 Å². The van der Waals surface area contributed by atoms with Crippen molar-refractivity contribution >= 4 is 5.91 Å². The van der Waals surface area contributed by atoms with E-state index < -0.39 is 6.10 Å². The average molecular weight is 286 g/mol. The molecule has 20 heavy (non-hydrogen) atoms. The lowest BCUT2D eigenvalue weighted by Crippen LogP contribution is -2.56. The number of amides is 1. The van der Waals surface area contributed by atoms with Crippen LogP contribution in [-0.2, 0) is 9.53 Å². The second-order valence-electron chi connectivity index (χ2n) is 5.40. The van der Waals surface area contributed by atoms with E-state index in [-0.39, 0.29) is 11.9 Å². The first-order chi connectivity index (χ1) is 9.70. The molecule has 0 radical (unpaired) electrons.